The first-order valence-corrected chi connectivity index (χ1v) is 9.84. The quantitative estimate of drug-likeness (QED) is 0.789. The van der Waals surface area contributed by atoms with Crippen molar-refractivity contribution in [2.24, 2.45) is 0 Å². The topological polar surface area (TPSA) is 62.3 Å². The van der Waals surface area contributed by atoms with Crippen molar-refractivity contribution in [2.45, 2.75) is 39.2 Å². The molecule has 2 heterocycles. The lowest BCUT2D eigenvalue weighted by Crippen LogP contribution is -2.31. The molecule has 0 bridgehead atoms. The molecule has 26 heavy (non-hydrogen) atoms. The Morgan fingerprint density at radius 1 is 1.31 bits per heavy atom. The molecule has 6 heteroatoms. The van der Waals surface area contributed by atoms with Gasteiger partial charge in [-0.15, -0.1) is 11.3 Å². The maximum absolute atomic E-state index is 12.5. The van der Waals surface area contributed by atoms with E-state index >= 15 is 0 Å². The van der Waals surface area contributed by atoms with Crippen LogP contribution in [0.5, 0.6) is 0 Å². The van der Waals surface area contributed by atoms with Crippen LogP contribution in [0, 0.1) is 6.92 Å². The molecule has 5 nitrogen and oxygen atoms in total. The van der Waals surface area contributed by atoms with Crippen molar-refractivity contribution in [1.82, 2.24) is 15.2 Å². The number of amides is 1. The summed E-state index contributed by atoms with van der Waals surface area (Å²) in [6.07, 6.45) is 3.45. The van der Waals surface area contributed by atoms with E-state index in [4.69, 9.17) is 0 Å². The van der Waals surface area contributed by atoms with Crippen LogP contribution in [0.15, 0.2) is 24.3 Å². The summed E-state index contributed by atoms with van der Waals surface area (Å²) < 4.78 is 0. The predicted molar refractivity (Wildman–Crippen MR) is 105 cm³/mol. The summed E-state index contributed by atoms with van der Waals surface area (Å²) in [4.78, 5) is 31.5. The SMILES string of the molecule is CC(=O)c1ccc(-c2nc(C)c(C(=O)NCCC3CCCN3C)s2)cc1. The van der Waals surface area contributed by atoms with E-state index in [1.807, 2.05) is 19.1 Å². The summed E-state index contributed by atoms with van der Waals surface area (Å²) in [6, 6.07) is 7.94. The molecule has 1 amide bonds. The number of rotatable bonds is 6. The summed E-state index contributed by atoms with van der Waals surface area (Å²) in [5.74, 6) is -0.00731. The fraction of sp³-hybridized carbons (Fsp3) is 0.450. The van der Waals surface area contributed by atoms with Crippen LogP contribution in [0.1, 0.15) is 51.9 Å². The number of nitrogens with zero attached hydrogens (tertiary/aromatic N) is 2. The van der Waals surface area contributed by atoms with Gasteiger partial charge in [0, 0.05) is 23.7 Å². The molecule has 1 saturated heterocycles. The molecular weight excluding hydrogens is 346 g/mol. The number of carbonyl (C=O) groups excluding carboxylic acids is 2. The van der Waals surface area contributed by atoms with Gasteiger partial charge in [-0.2, -0.15) is 0 Å². The van der Waals surface area contributed by atoms with Gasteiger partial charge in [0.2, 0.25) is 0 Å². The van der Waals surface area contributed by atoms with Crippen molar-refractivity contribution in [3.05, 3.63) is 40.4 Å². The molecule has 1 fully saturated rings. The van der Waals surface area contributed by atoms with Crippen LogP contribution >= 0.6 is 11.3 Å². The van der Waals surface area contributed by atoms with Gasteiger partial charge in [0.15, 0.2) is 5.78 Å². The van der Waals surface area contributed by atoms with E-state index in [0.717, 1.165) is 29.2 Å². The first-order chi connectivity index (χ1) is 12.5. The van der Waals surface area contributed by atoms with Crippen molar-refractivity contribution < 1.29 is 9.59 Å². The molecular formula is C20H25N3O2S. The average molecular weight is 372 g/mol. The van der Waals surface area contributed by atoms with Crippen molar-refractivity contribution in [1.29, 1.82) is 0 Å². The molecule has 1 aliphatic heterocycles. The van der Waals surface area contributed by atoms with Crippen LogP contribution < -0.4 is 5.32 Å². The van der Waals surface area contributed by atoms with E-state index in [9.17, 15) is 9.59 Å². The van der Waals surface area contributed by atoms with Crippen molar-refractivity contribution in [3.8, 4) is 10.6 Å². The monoisotopic (exact) mass is 371 g/mol. The minimum atomic E-state index is -0.0488. The predicted octanol–water partition coefficient (Wildman–Crippen LogP) is 3.54. The zero-order valence-corrected chi connectivity index (χ0v) is 16.4. The Labute approximate surface area is 158 Å². The van der Waals surface area contributed by atoms with Crippen LogP contribution in [-0.2, 0) is 0 Å². The maximum Gasteiger partial charge on any atom is 0.263 e. The summed E-state index contributed by atoms with van der Waals surface area (Å²) in [6.45, 7) is 5.25. The van der Waals surface area contributed by atoms with Gasteiger partial charge in [0.05, 0.1) is 5.69 Å². The number of nitrogens with one attached hydrogen (secondary N) is 1. The number of thiazole rings is 1. The van der Waals surface area contributed by atoms with Gasteiger partial charge in [-0.05, 0) is 46.7 Å². The highest BCUT2D eigenvalue weighted by atomic mass is 32.1. The summed E-state index contributed by atoms with van der Waals surface area (Å²) in [5, 5.41) is 3.84. The van der Waals surface area contributed by atoms with E-state index in [1.54, 1.807) is 19.1 Å². The van der Waals surface area contributed by atoms with Crippen LogP contribution in [0.3, 0.4) is 0 Å². The Kier molecular flexibility index (Phi) is 5.84. The number of hydrogen-bond acceptors (Lipinski definition) is 5. The number of aryl methyl sites for hydroxylation is 1. The highest BCUT2D eigenvalue weighted by Crippen LogP contribution is 2.28. The van der Waals surface area contributed by atoms with Gasteiger partial charge in [-0.3, -0.25) is 9.59 Å². The number of likely N-dealkylation sites (tertiary alicyclic amines) is 1. The van der Waals surface area contributed by atoms with E-state index in [0.29, 0.717) is 23.0 Å². The van der Waals surface area contributed by atoms with E-state index in [2.05, 4.69) is 22.2 Å². The first-order valence-electron chi connectivity index (χ1n) is 9.03. The molecule has 0 aliphatic carbocycles. The Bertz CT molecular complexity index is 798. The van der Waals surface area contributed by atoms with Gasteiger partial charge < -0.3 is 10.2 Å². The second-order valence-corrected chi connectivity index (χ2v) is 7.89. The van der Waals surface area contributed by atoms with Gasteiger partial charge in [0.1, 0.15) is 9.88 Å². The Balaban J connectivity index is 1.63. The van der Waals surface area contributed by atoms with E-state index in [1.165, 1.54) is 24.2 Å². The largest absolute Gasteiger partial charge is 0.351 e. The van der Waals surface area contributed by atoms with E-state index in [-0.39, 0.29) is 11.7 Å². The van der Waals surface area contributed by atoms with Crippen LogP contribution in [-0.4, -0.2) is 47.8 Å². The third-order valence-electron chi connectivity index (χ3n) is 4.98. The molecule has 0 spiro atoms. The van der Waals surface area contributed by atoms with Crippen LogP contribution in [0.25, 0.3) is 10.6 Å². The second-order valence-electron chi connectivity index (χ2n) is 6.89. The zero-order chi connectivity index (χ0) is 18.7. The zero-order valence-electron chi connectivity index (χ0n) is 15.5. The van der Waals surface area contributed by atoms with Crippen molar-refractivity contribution >= 4 is 23.0 Å². The average Bonchev–Trinajstić information content (AvgIpc) is 3.21. The normalized spacial score (nSPS) is 17.4. The minimum absolute atomic E-state index is 0.0415. The Morgan fingerprint density at radius 2 is 2.04 bits per heavy atom. The number of benzene rings is 1. The third-order valence-corrected chi connectivity index (χ3v) is 6.18. The molecule has 0 radical (unpaired) electrons. The Hall–Kier alpha value is -2.05. The molecule has 138 valence electrons. The van der Waals surface area contributed by atoms with Gasteiger partial charge >= 0.3 is 0 Å². The number of aromatic nitrogens is 1. The molecule has 1 unspecified atom stereocenters. The summed E-state index contributed by atoms with van der Waals surface area (Å²) in [7, 11) is 2.15. The lowest BCUT2D eigenvalue weighted by molar-refractivity contribution is 0.0952. The molecule has 1 atom stereocenters. The van der Waals surface area contributed by atoms with Gasteiger partial charge in [-0.1, -0.05) is 24.3 Å². The van der Waals surface area contributed by atoms with Gasteiger partial charge in [0.25, 0.3) is 5.91 Å². The van der Waals surface area contributed by atoms with Gasteiger partial charge in [-0.25, -0.2) is 4.98 Å². The number of hydrogen-bond donors (Lipinski definition) is 1. The van der Waals surface area contributed by atoms with Crippen molar-refractivity contribution in [3.63, 3.8) is 0 Å². The molecule has 2 aromatic rings. The summed E-state index contributed by atoms with van der Waals surface area (Å²) >= 11 is 1.40. The second kappa shape index (κ2) is 8.10. The number of Topliss-reactive ketones (excluding diaryl/α,β-unsaturated/α-hetero) is 1. The first kappa shape index (κ1) is 18.7. The lowest BCUT2D eigenvalue weighted by atomic mass is 10.1. The fourth-order valence-electron chi connectivity index (χ4n) is 3.35. The molecule has 0 saturated carbocycles. The highest BCUT2D eigenvalue weighted by Gasteiger charge is 2.21. The summed E-state index contributed by atoms with van der Waals surface area (Å²) in [5.41, 5.74) is 2.35. The number of carbonyl (C=O) groups is 2. The van der Waals surface area contributed by atoms with E-state index < -0.39 is 0 Å². The van der Waals surface area contributed by atoms with Crippen LogP contribution in [0.2, 0.25) is 0 Å². The smallest absolute Gasteiger partial charge is 0.263 e. The third kappa shape index (κ3) is 4.19. The molecule has 3 rings (SSSR count). The van der Waals surface area contributed by atoms with Crippen LogP contribution in [0.4, 0.5) is 0 Å². The Morgan fingerprint density at radius 3 is 2.65 bits per heavy atom. The standard InChI is InChI=1S/C20H25N3O2S/c1-13-18(19(25)21-11-10-17-5-4-12-23(17)3)26-20(22-13)16-8-6-15(7-9-16)14(2)24/h6-9,17H,4-5,10-12H2,1-3H3,(H,21,25). The molecule has 1 aromatic heterocycles. The highest BCUT2D eigenvalue weighted by molar-refractivity contribution is 7.17. The maximum atomic E-state index is 12.5. The molecule has 1 N–H and O–H groups in total. The number of ketones is 1. The molecule has 1 aliphatic rings. The minimum Gasteiger partial charge on any atom is -0.351 e. The fourth-order valence-corrected chi connectivity index (χ4v) is 4.34. The van der Waals surface area contributed by atoms with Crippen molar-refractivity contribution in [2.75, 3.05) is 20.1 Å². The molecule has 1 aromatic carbocycles. The lowest BCUT2D eigenvalue weighted by Gasteiger charge is -2.19.